The summed E-state index contributed by atoms with van der Waals surface area (Å²) in [5, 5.41) is 10.9. The van der Waals surface area contributed by atoms with Crippen LogP contribution in [0.2, 0.25) is 0 Å². The van der Waals surface area contributed by atoms with Gasteiger partial charge in [0, 0.05) is 5.69 Å². The Balaban J connectivity index is 2.28. The Morgan fingerprint density at radius 3 is 2.45 bits per heavy atom. The maximum absolute atomic E-state index is 13.4. The number of carbonyl (C=O) groups excluding carboxylic acids is 1. The highest BCUT2D eigenvalue weighted by atomic mass is 19.1. The van der Waals surface area contributed by atoms with E-state index in [9.17, 15) is 18.0 Å². The molecule has 6 heteroatoms. The molecule has 100 valence electrons. The van der Waals surface area contributed by atoms with Gasteiger partial charge in [0.05, 0.1) is 11.1 Å². The Hall–Kier alpha value is -2.81. The Bertz CT molecular complexity index is 723. The van der Waals surface area contributed by atoms with Crippen LogP contribution in [-0.4, -0.2) is 5.91 Å². The molecule has 0 radical (unpaired) electrons. The van der Waals surface area contributed by atoms with Crippen molar-refractivity contribution in [1.29, 1.82) is 5.26 Å². The lowest BCUT2D eigenvalue weighted by Crippen LogP contribution is -2.14. The molecule has 20 heavy (non-hydrogen) atoms. The summed E-state index contributed by atoms with van der Waals surface area (Å²) < 4.78 is 39.5. The number of carbonyl (C=O) groups is 1. The van der Waals surface area contributed by atoms with Gasteiger partial charge in [-0.3, -0.25) is 4.79 Å². The van der Waals surface area contributed by atoms with Crippen LogP contribution in [0.25, 0.3) is 0 Å². The van der Waals surface area contributed by atoms with Crippen molar-refractivity contribution in [2.24, 2.45) is 0 Å². The molecule has 0 aliphatic heterocycles. The van der Waals surface area contributed by atoms with E-state index < -0.39 is 28.9 Å². The van der Waals surface area contributed by atoms with Gasteiger partial charge < -0.3 is 5.32 Å². The first-order valence-corrected chi connectivity index (χ1v) is 5.47. The van der Waals surface area contributed by atoms with Crippen molar-refractivity contribution < 1.29 is 18.0 Å². The number of benzene rings is 2. The second kappa shape index (κ2) is 5.45. The Labute approximate surface area is 112 Å². The number of nitrogens with one attached hydrogen (secondary N) is 1. The molecule has 0 unspecified atom stereocenters. The Morgan fingerprint density at radius 1 is 1.05 bits per heavy atom. The summed E-state index contributed by atoms with van der Waals surface area (Å²) in [4.78, 5) is 11.8. The third-order valence-corrected chi connectivity index (χ3v) is 2.52. The van der Waals surface area contributed by atoms with Crippen LogP contribution in [0.15, 0.2) is 36.4 Å². The summed E-state index contributed by atoms with van der Waals surface area (Å²) in [5.74, 6) is -3.26. The van der Waals surface area contributed by atoms with E-state index in [-0.39, 0.29) is 11.3 Å². The fraction of sp³-hybridized carbons (Fsp3) is 0. The minimum absolute atomic E-state index is 0.108. The van der Waals surface area contributed by atoms with Crippen LogP contribution < -0.4 is 5.32 Å². The third-order valence-electron chi connectivity index (χ3n) is 2.52. The molecule has 0 bridgehead atoms. The summed E-state index contributed by atoms with van der Waals surface area (Å²) in [6.45, 7) is 0. The number of anilines is 1. The van der Waals surface area contributed by atoms with Crippen molar-refractivity contribution in [3.8, 4) is 6.07 Å². The molecule has 0 heterocycles. The lowest BCUT2D eigenvalue weighted by atomic mass is 10.1. The van der Waals surface area contributed by atoms with Crippen molar-refractivity contribution in [3.63, 3.8) is 0 Å². The fourth-order valence-corrected chi connectivity index (χ4v) is 1.56. The fourth-order valence-electron chi connectivity index (χ4n) is 1.56. The molecule has 2 rings (SSSR count). The smallest absolute Gasteiger partial charge is 0.258 e. The molecule has 2 aromatic carbocycles. The summed E-state index contributed by atoms with van der Waals surface area (Å²) in [5.41, 5.74) is -0.632. The average Bonchev–Trinajstić information content (AvgIpc) is 2.43. The number of hydrogen-bond acceptors (Lipinski definition) is 2. The number of rotatable bonds is 2. The molecule has 0 fully saturated rings. The first-order valence-electron chi connectivity index (χ1n) is 5.47. The minimum atomic E-state index is -0.891. The number of nitriles is 1. The van der Waals surface area contributed by atoms with Crippen molar-refractivity contribution in [2.45, 2.75) is 0 Å². The number of halogens is 3. The molecular formula is C14H7F3N2O. The van der Waals surface area contributed by atoms with E-state index in [1.54, 1.807) is 6.07 Å². The van der Waals surface area contributed by atoms with E-state index in [4.69, 9.17) is 5.26 Å². The Kier molecular flexibility index (Phi) is 3.71. The molecule has 0 aliphatic carbocycles. The third kappa shape index (κ3) is 2.78. The van der Waals surface area contributed by atoms with E-state index in [1.807, 2.05) is 0 Å². The molecule has 1 amide bonds. The average molecular weight is 276 g/mol. The monoisotopic (exact) mass is 276 g/mol. The summed E-state index contributed by atoms with van der Waals surface area (Å²) in [7, 11) is 0. The van der Waals surface area contributed by atoms with Gasteiger partial charge in [0.2, 0.25) is 0 Å². The number of hydrogen-bond donors (Lipinski definition) is 1. The second-order valence-corrected chi connectivity index (χ2v) is 3.88. The van der Waals surface area contributed by atoms with Gasteiger partial charge in [-0.2, -0.15) is 5.26 Å². The zero-order valence-corrected chi connectivity index (χ0v) is 9.95. The van der Waals surface area contributed by atoms with Crippen molar-refractivity contribution in [3.05, 3.63) is 65.0 Å². The van der Waals surface area contributed by atoms with Crippen molar-refractivity contribution in [1.82, 2.24) is 0 Å². The molecule has 0 saturated heterocycles. The normalized spacial score (nSPS) is 9.90. The molecule has 1 N–H and O–H groups in total. The zero-order chi connectivity index (χ0) is 14.7. The highest BCUT2D eigenvalue weighted by Crippen LogP contribution is 2.16. The lowest BCUT2D eigenvalue weighted by Gasteiger charge is -2.07. The molecule has 0 saturated carbocycles. The van der Waals surface area contributed by atoms with Crippen LogP contribution >= 0.6 is 0 Å². The van der Waals surface area contributed by atoms with E-state index in [0.29, 0.717) is 0 Å². The van der Waals surface area contributed by atoms with E-state index in [1.165, 1.54) is 6.07 Å². The SMILES string of the molecule is N#Cc1cc(NC(=O)c2cc(F)ccc2F)ccc1F. The predicted octanol–water partition coefficient (Wildman–Crippen LogP) is 3.23. The first kappa shape index (κ1) is 13.6. The quantitative estimate of drug-likeness (QED) is 0.915. The lowest BCUT2D eigenvalue weighted by molar-refractivity contribution is 0.102. The standard InChI is InChI=1S/C14H7F3N2O/c15-9-1-3-13(17)11(6-9)14(20)19-10-2-4-12(16)8(5-10)7-18/h1-6H,(H,19,20). The van der Waals surface area contributed by atoms with Crippen LogP contribution in [0.4, 0.5) is 18.9 Å². The predicted molar refractivity (Wildman–Crippen MR) is 65.4 cm³/mol. The first-order chi connectivity index (χ1) is 9.51. The molecular weight excluding hydrogens is 269 g/mol. The molecule has 3 nitrogen and oxygen atoms in total. The van der Waals surface area contributed by atoms with Gasteiger partial charge in [-0.1, -0.05) is 0 Å². The van der Waals surface area contributed by atoms with Crippen LogP contribution in [0.3, 0.4) is 0 Å². The largest absolute Gasteiger partial charge is 0.322 e. The highest BCUT2D eigenvalue weighted by Gasteiger charge is 2.13. The highest BCUT2D eigenvalue weighted by molar-refractivity contribution is 6.04. The maximum atomic E-state index is 13.4. The molecule has 2 aromatic rings. The van der Waals surface area contributed by atoms with Crippen molar-refractivity contribution >= 4 is 11.6 Å². The molecule has 0 aromatic heterocycles. The number of nitrogens with zero attached hydrogens (tertiary/aromatic N) is 1. The van der Waals surface area contributed by atoms with Gasteiger partial charge in [0.15, 0.2) is 0 Å². The summed E-state index contributed by atoms with van der Waals surface area (Å²) >= 11 is 0. The molecule has 0 atom stereocenters. The summed E-state index contributed by atoms with van der Waals surface area (Å²) in [6, 6.07) is 7.39. The topological polar surface area (TPSA) is 52.9 Å². The summed E-state index contributed by atoms with van der Waals surface area (Å²) in [6.07, 6.45) is 0. The molecule has 0 aliphatic rings. The maximum Gasteiger partial charge on any atom is 0.258 e. The number of amides is 1. The van der Waals surface area contributed by atoms with Gasteiger partial charge in [-0.15, -0.1) is 0 Å². The van der Waals surface area contributed by atoms with Crippen LogP contribution in [0, 0.1) is 28.8 Å². The van der Waals surface area contributed by atoms with Crippen LogP contribution in [0.1, 0.15) is 15.9 Å². The minimum Gasteiger partial charge on any atom is -0.322 e. The van der Waals surface area contributed by atoms with Crippen LogP contribution in [0.5, 0.6) is 0 Å². The van der Waals surface area contributed by atoms with Gasteiger partial charge in [-0.05, 0) is 36.4 Å². The second-order valence-electron chi connectivity index (χ2n) is 3.88. The van der Waals surface area contributed by atoms with E-state index in [2.05, 4.69) is 5.32 Å². The van der Waals surface area contributed by atoms with Crippen LogP contribution in [-0.2, 0) is 0 Å². The van der Waals surface area contributed by atoms with Gasteiger partial charge in [0.1, 0.15) is 23.5 Å². The van der Waals surface area contributed by atoms with Gasteiger partial charge in [-0.25, -0.2) is 13.2 Å². The van der Waals surface area contributed by atoms with E-state index in [0.717, 1.165) is 30.3 Å². The molecule has 0 spiro atoms. The van der Waals surface area contributed by atoms with E-state index >= 15 is 0 Å². The van der Waals surface area contributed by atoms with Gasteiger partial charge >= 0.3 is 0 Å². The van der Waals surface area contributed by atoms with Crippen molar-refractivity contribution in [2.75, 3.05) is 5.32 Å². The van der Waals surface area contributed by atoms with Gasteiger partial charge in [0.25, 0.3) is 5.91 Å². The Morgan fingerprint density at radius 2 is 1.75 bits per heavy atom. The zero-order valence-electron chi connectivity index (χ0n) is 9.95.